The molecule has 0 aliphatic heterocycles. The molecule has 3 rings (SSSR count). The van der Waals surface area contributed by atoms with Gasteiger partial charge in [-0.2, -0.15) is 5.10 Å². The molecular weight excluding hydrogens is 396 g/mol. The van der Waals surface area contributed by atoms with E-state index in [1.807, 2.05) is 36.5 Å². The molecule has 7 heteroatoms. The van der Waals surface area contributed by atoms with Crippen LogP contribution in [0, 0.1) is 0 Å². The first-order valence-electron chi connectivity index (χ1n) is 8.05. The summed E-state index contributed by atoms with van der Waals surface area (Å²) in [6.45, 7) is 0.712. The highest BCUT2D eigenvalue weighted by atomic mass is 79.9. The van der Waals surface area contributed by atoms with Gasteiger partial charge in [-0.3, -0.25) is 9.59 Å². The lowest BCUT2D eigenvalue weighted by Gasteiger charge is -2.08. The van der Waals surface area contributed by atoms with Gasteiger partial charge in [-0.25, -0.2) is 4.68 Å². The fourth-order valence-corrected chi connectivity index (χ4v) is 2.64. The van der Waals surface area contributed by atoms with Gasteiger partial charge >= 0.3 is 0 Å². The molecule has 132 valence electrons. The molecule has 0 atom stereocenters. The lowest BCUT2D eigenvalue weighted by atomic mass is 10.2. The maximum Gasteiger partial charge on any atom is 0.251 e. The van der Waals surface area contributed by atoms with Gasteiger partial charge in [-0.1, -0.05) is 18.2 Å². The largest absolute Gasteiger partial charge is 0.350 e. The summed E-state index contributed by atoms with van der Waals surface area (Å²) in [5.74, 6) is -0.346. The quantitative estimate of drug-likeness (QED) is 0.611. The second kappa shape index (κ2) is 8.44. The summed E-state index contributed by atoms with van der Waals surface area (Å²) in [6, 6.07) is 16.1. The number of rotatable bonds is 6. The second-order valence-electron chi connectivity index (χ2n) is 5.53. The Balaban J connectivity index is 1.47. The standard InChI is InChI=1S/C19H17BrN4O2/c20-16-12-23-24(13-16)17-8-6-15(7-9-17)19(26)22-11-10-21-18(25)14-4-2-1-3-5-14/h1-9,12-13H,10-11H2,(H,21,25)(H,22,26). The Bertz CT molecular complexity index is 891. The fraction of sp³-hybridized carbons (Fsp3) is 0.105. The number of hydrogen-bond donors (Lipinski definition) is 2. The van der Waals surface area contributed by atoms with Crippen LogP contribution < -0.4 is 10.6 Å². The first kappa shape index (κ1) is 17.9. The van der Waals surface area contributed by atoms with E-state index >= 15 is 0 Å². The van der Waals surface area contributed by atoms with E-state index in [4.69, 9.17) is 0 Å². The van der Waals surface area contributed by atoms with Crippen molar-refractivity contribution in [1.82, 2.24) is 20.4 Å². The fourth-order valence-electron chi connectivity index (χ4n) is 2.35. The van der Waals surface area contributed by atoms with Crippen LogP contribution in [0.1, 0.15) is 20.7 Å². The third-order valence-corrected chi connectivity index (χ3v) is 4.09. The summed E-state index contributed by atoms with van der Waals surface area (Å²) in [5, 5.41) is 9.75. The molecule has 0 aliphatic rings. The number of nitrogens with zero attached hydrogens (tertiary/aromatic N) is 2. The average Bonchev–Trinajstić information content (AvgIpc) is 3.12. The summed E-state index contributed by atoms with van der Waals surface area (Å²) in [5.41, 5.74) is 2.01. The monoisotopic (exact) mass is 412 g/mol. The Kier molecular flexibility index (Phi) is 5.80. The van der Waals surface area contributed by atoms with E-state index in [0.29, 0.717) is 24.2 Å². The molecule has 0 radical (unpaired) electrons. The van der Waals surface area contributed by atoms with Gasteiger partial charge in [0.25, 0.3) is 11.8 Å². The van der Waals surface area contributed by atoms with Gasteiger partial charge in [0.05, 0.1) is 16.4 Å². The first-order valence-corrected chi connectivity index (χ1v) is 8.85. The molecule has 6 nitrogen and oxygen atoms in total. The van der Waals surface area contributed by atoms with Crippen LogP contribution in [0.15, 0.2) is 71.5 Å². The van der Waals surface area contributed by atoms with Crippen molar-refractivity contribution in [2.24, 2.45) is 0 Å². The number of nitrogens with one attached hydrogen (secondary N) is 2. The van der Waals surface area contributed by atoms with Gasteiger partial charge in [0.15, 0.2) is 0 Å². The van der Waals surface area contributed by atoms with Crippen molar-refractivity contribution < 1.29 is 9.59 Å². The molecule has 3 aromatic rings. The highest BCUT2D eigenvalue weighted by Crippen LogP contribution is 2.13. The van der Waals surface area contributed by atoms with Crippen molar-refractivity contribution in [2.45, 2.75) is 0 Å². The molecule has 0 saturated heterocycles. The van der Waals surface area contributed by atoms with E-state index < -0.39 is 0 Å². The summed E-state index contributed by atoms with van der Waals surface area (Å²) < 4.78 is 2.60. The minimum atomic E-state index is -0.188. The Morgan fingerprint density at radius 1 is 0.885 bits per heavy atom. The van der Waals surface area contributed by atoms with Crippen LogP contribution in [0.3, 0.4) is 0 Å². The van der Waals surface area contributed by atoms with E-state index in [1.165, 1.54) is 0 Å². The molecule has 2 amide bonds. The molecule has 0 fully saturated rings. The molecule has 0 saturated carbocycles. The molecule has 0 spiro atoms. The SMILES string of the molecule is O=C(NCCNC(=O)c1ccc(-n2cc(Br)cn2)cc1)c1ccccc1. The van der Waals surface area contributed by atoms with Crippen LogP contribution in [0.4, 0.5) is 0 Å². The minimum absolute atomic E-state index is 0.158. The van der Waals surface area contributed by atoms with Gasteiger partial charge < -0.3 is 10.6 Å². The lowest BCUT2D eigenvalue weighted by Crippen LogP contribution is -2.34. The lowest BCUT2D eigenvalue weighted by molar-refractivity contribution is 0.0927. The number of hydrogen-bond acceptors (Lipinski definition) is 3. The minimum Gasteiger partial charge on any atom is -0.350 e. The summed E-state index contributed by atoms with van der Waals surface area (Å²) >= 11 is 3.35. The van der Waals surface area contributed by atoms with E-state index in [0.717, 1.165) is 10.2 Å². The van der Waals surface area contributed by atoms with E-state index in [1.54, 1.807) is 35.1 Å². The van der Waals surface area contributed by atoms with E-state index in [9.17, 15) is 9.59 Å². The second-order valence-corrected chi connectivity index (χ2v) is 6.44. The number of carbonyl (C=O) groups is 2. The maximum absolute atomic E-state index is 12.2. The van der Waals surface area contributed by atoms with Crippen LogP contribution in [0.25, 0.3) is 5.69 Å². The first-order chi connectivity index (χ1) is 12.6. The number of carbonyl (C=O) groups excluding carboxylic acids is 2. The summed E-state index contributed by atoms with van der Waals surface area (Å²) in [7, 11) is 0. The Labute approximate surface area is 159 Å². The number of amides is 2. The Morgan fingerprint density at radius 2 is 1.46 bits per heavy atom. The third-order valence-electron chi connectivity index (χ3n) is 3.68. The van der Waals surface area contributed by atoms with Gasteiger partial charge in [0, 0.05) is 30.4 Å². The van der Waals surface area contributed by atoms with Gasteiger partial charge in [-0.15, -0.1) is 0 Å². The number of aromatic nitrogens is 2. The van der Waals surface area contributed by atoms with Gasteiger partial charge in [-0.05, 0) is 52.3 Å². The normalized spacial score (nSPS) is 10.3. The van der Waals surface area contributed by atoms with E-state index in [-0.39, 0.29) is 11.8 Å². The van der Waals surface area contributed by atoms with Crippen LogP contribution >= 0.6 is 15.9 Å². The van der Waals surface area contributed by atoms with Crippen molar-refractivity contribution in [3.8, 4) is 5.69 Å². The molecule has 2 N–H and O–H groups in total. The van der Waals surface area contributed by atoms with Crippen molar-refractivity contribution >= 4 is 27.7 Å². The summed E-state index contributed by atoms with van der Waals surface area (Å²) in [6.07, 6.45) is 3.54. The van der Waals surface area contributed by atoms with Crippen LogP contribution in [0.2, 0.25) is 0 Å². The van der Waals surface area contributed by atoms with Crippen LogP contribution in [0.5, 0.6) is 0 Å². The molecule has 26 heavy (non-hydrogen) atoms. The molecular formula is C19H17BrN4O2. The zero-order valence-electron chi connectivity index (χ0n) is 13.9. The molecule has 1 heterocycles. The third kappa shape index (κ3) is 4.58. The van der Waals surface area contributed by atoms with Crippen LogP contribution in [-0.2, 0) is 0 Å². The molecule has 1 aromatic heterocycles. The topological polar surface area (TPSA) is 76.0 Å². The average molecular weight is 413 g/mol. The van der Waals surface area contributed by atoms with Crippen molar-refractivity contribution in [2.75, 3.05) is 13.1 Å². The van der Waals surface area contributed by atoms with Gasteiger partial charge in [0.1, 0.15) is 0 Å². The maximum atomic E-state index is 12.2. The molecule has 2 aromatic carbocycles. The predicted molar refractivity (Wildman–Crippen MR) is 102 cm³/mol. The van der Waals surface area contributed by atoms with E-state index in [2.05, 4.69) is 31.7 Å². The predicted octanol–water partition coefficient (Wildman–Crippen LogP) is 2.79. The Morgan fingerprint density at radius 3 is 2.00 bits per heavy atom. The highest BCUT2D eigenvalue weighted by molar-refractivity contribution is 9.10. The zero-order chi connectivity index (χ0) is 18.4. The Hall–Kier alpha value is -2.93. The smallest absolute Gasteiger partial charge is 0.251 e. The zero-order valence-corrected chi connectivity index (χ0v) is 15.4. The molecule has 0 bridgehead atoms. The van der Waals surface area contributed by atoms with Crippen molar-refractivity contribution in [1.29, 1.82) is 0 Å². The molecule has 0 unspecified atom stereocenters. The van der Waals surface area contributed by atoms with Gasteiger partial charge in [0.2, 0.25) is 0 Å². The summed E-state index contributed by atoms with van der Waals surface area (Å²) in [4.78, 5) is 24.1. The highest BCUT2D eigenvalue weighted by Gasteiger charge is 2.07. The van der Waals surface area contributed by atoms with Crippen molar-refractivity contribution in [3.63, 3.8) is 0 Å². The number of benzene rings is 2. The van der Waals surface area contributed by atoms with Crippen LogP contribution in [-0.4, -0.2) is 34.7 Å². The molecule has 0 aliphatic carbocycles. The number of halogens is 1. The van der Waals surface area contributed by atoms with Crippen molar-refractivity contribution in [3.05, 3.63) is 82.6 Å².